The lowest BCUT2D eigenvalue weighted by Gasteiger charge is -2.41. The average Bonchev–Trinajstić information content (AvgIpc) is 3.49. The molecule has 1 unspecified atom stereocenters. The van der Waals surface area contributed by atoms with E-state index in [2.05, 4.69) is 10.2 Å². The number of halogens is 1. The fraction of sp³-hybridized carbons (Fsp3) is 0.500. The number of rotatable bonds is 5. The zero-order valence-electron chi connectivity index (χ0n) is 16.2. The number of nitrogens with one attached hydrogen (secondary N) is 1. The molecule has 0 bridgehead atoms. The average molecular weight is 437 g/mol. The quantitative estimate of drug-likeness (QED) is 0.782. The van der Waals surface area contributed by atoms with Crippen LogP contribution >= 0.6 is 22.9 Å². The summed E-state index contributed by atoms with van der Waals surface area (Å²) in [5, 5.41) is 2.89. The summed E-state index contributed by atoms with van der Waals surface area (Å²) in [6.07, 6.45) is 3.64. The van der Waals surface area contributed by atoms with Crippen molar-refractivity contribution in [2.45, 2.75) is 32.0 Å². The molecule has 2 aliphatic heterocycles. The molecule has 2 saturated heterocycles. The van der Waals surface area contributed by atoms with Crippen LogP contribution in [0.1, 0.15) is 23.5 Å². The minimum atomic E-state index is -0.478. The number of carbonyl (C=O) groups excluding carboxylic acids is 2. The van der Waals surface area contributed by atoms with Gasteiger partial charge in [-0.25, -0.2) is 4.79 Å². The molecule has 0 aromatic carbocycles. The molecule has 156 valence electrons. The summed E-state index contributed by atoms with van der Waals surface area (Å²) >= 11 is 7.61. The highest BCUT2D eigenvalue weighted by Crippen LogP contribution is 2.24. The Morgan fingerprint density at radius 3 is 2.69 bits per heavy atom. The zero-order valence-corrected chi connectivity index (χ0v) is 17.8. The standard InChI is InChI=1S/C20H25ClN4O3S/c21-18-6-5-16(29-18)13-23-9-10-25(20(27)22-12-15-4-3-11-28-15)17(14-23)19(26)24-7-1-2-8-24/h3-6,11,17H,1-2,7-10,12-14H2,(H,22,27). The Morgan fingerprint density at radius 2 is 2.00 bits per heavy atom. The van der Waals surface area contributed by atoms with E-state index in [0.29, 0.717) is 31.9 Å². The van der Waals surface area contributed by atoms with Gasteiger partial charge in [0.25, 0.3) is 0 Å². The van der Waals surface area contributed by atoms with Gasteiger partial charge in [0.2, 0.25) is 5.91 Å². The highest BCUT2D eigenvalue weighted by atomic mass is 35.5. The van der Waals surface area contributed by atoms with Crippen LogP contribution in [-0.4, -0.2) is 65.4 Å². The number of hydrogen-bond donors (Lipinski definition) is 1. The Balaban J connectivity index is 1.44. The third-order valence-electron chi connectivity index (χ3n) is 5.43. The van der Waals surface area contributed by atoms with Crippen molar-refractivity contribution in [1.29, 1.82) is 0 Å². The summed E-state index contributed by atoms with van der Waals surface area (Å²) in [5.74, 6) is 0.735. The molecule has 0 spiro atoms. The predicted molar refractivity (Wildman–Crippen MR) is 112 cm³/mol. The van der Waals surface area contributed by atoms with Crippen molar-refractivity contribution in [1.82, 2.24) is 20.0 Å². The molecule has 9 heteroatoms. The second kappa shape index (κ2) is 9.19. The molecule has 2 aromatic rings. The summed E-state index contributed by atoms with van der Waals surface area (Å²) in [5.41, 5.74) is 0. The lowest BCUT2D eigenvalue weighted by Crippen LogP contribution is -2.62. The van der Waals surface area contributed by atoms with Gasteiger partial charge < -0.3 is 19.5 Å². The van der Waals surface area contributed by atoms with Crippen molar-refractivity contribution in [3.05, 3.63) is 45.5 Å². The predicted octanol–water partition coefficient (Wildman–Crippen LogP) is 3.01. The molecule has 0 saturated carbocycles. The molecule has 0 aliphatic carbocycles. The summed E-state index contributed by atoms with van der Waals surface area (Å²) < 4.78 is 6.05. The minimum absolute atomic E-state index is 0.0459. The first-order valence-electron chi connectivity index (χ1n) is 9.92. The molecular formula is C20H25ClN4O3S. The van der Waals surface area contributed by atoms with Crippen LogP contribution in [0, 0.1) is 0 Å². The molecule has 3 amide bonds. The molecule has 2 aromatic heterocycles. The van der Waals surface area contributed by atoms with Crippen molar-refractivity contribution in [2.75, 3.05) is 32.7 Å². The van der Waals surface area contributed by atoms with Crippen LogP contribution in [0.25, 0.3) is 0 Å². The van der Waals surface area contributed by atoms with Crippen molar-refractivity contribution in [3.8, 4) is 0 Å². The van der Waals surface area contributed by atoms with E-state index in [4.69, 9.17) is 16.0 Å². The van der Waals surface area contributed by atoms with Gasteiger partial charge in [-0.2, -0.15) is 0 Å². The number of urea groups is 1. The SMILES string of the molecule is O=C(C1CN(Cc2ccc(Cl)s2)CCN1C(=O)NCc1ccco1)N1CCCC1. The largest absolute Gasteiger partial charge is 0.467 e. The van der Waals surface area contributed by atoms with E-state index < -0.39 is 6.04 Å². The molecule has 4 heterocycles. The normalized spacial score (nSPS) is 20.2. The number of piperazine rings is 1. The van der Waals surface area contributed by atoms with Gasteiger partial charge in [-0.1, -0.05) is 11.6 Å². The zero-order chi connectivity index (χ0) is 20.2. The molecule has 1 N–H and O–H groups in total. The topological polar surface area (TPSA) is 69.0 Å². The van der Waals surface area contributed by atoms with E-state index in [1.54, 1.807) is 28.6 Å². The van der Waals surface area contributed by atoms with Crippen molar-refractivity contribution in [2.24, 2.45) is 0 Å². The van der Waals surface area contributed by atoms with Gasteiger partial charge in [0.05, 0.1) is 17.1 Å². The smallest absolute Gasteiger partial charge is 0.318 e. The van der Waals surface area contributed by atoms with E-state index in [-0.39, 0.29) is 11.9 Å². The maximum Gasteiger partial charge on any atom is 0.318 e. The Kier molecular flexibility index (Phi) is 6.42. The number of furan rings is 1. The minimum Gasteiger partial charge on any atom is -0.467 e. The number of likely N-dealkylation sites (tertiary alicyclic amines) is 1. The van der Waals surface area contributed by atoms with Gasteiger partial charge in [-0.05, 0) is 37.1 Å². The van der Waals surface area contributed by atoms with Crippen molar-refractivity contribution in [3.63, 3.8) is 0 Å². The summed E-state index contributed by atoms with van der Waals surface area (Å²) in [7, 11) is 0. The third-order valence-corrected chi connectivity index (χ3v) is 6.65. The number of thiophene rings is 1. The molecule has 29 heavy (non-hydrogen) atoms. The number of nitrogens with zero attached hydrogens (tertiary/aromatic N) is 3. The van der Waals surface area contributed by atoms with Gasteiger partial charge in [0, 0.05) is 44.1 Å². The lowest BCUT2D eigenvalue weighted by atomic mass is 10.1. The van der Waals surface area contributed by atoms with Gasteiger partial charge in [0.1, 0.15) is 11.8 Å². The van der Waals surface area contributed by atoms with Crippen molar-refractivity contribution >= 4 is 34.9 Å². The molecule has 2 aliphatic rings. The third kappa shape index (κ3) is 4.94. The van der Waals surface area contributed by atoms with E-state index in [1.807, 2.05) is 23.1 Å². The maximum atomic E-state index is 13.2. The molecule has 0 radical (unpaired) electrons. The van der Waals surface area contributed by atoms with Gasteiger partial charge in [-0.15, -0.1) is 11.3 Å². The van der Waals surface area contributed by atoms with Crippen LogP contribution < -0.4 is 5.32 Å². The van der Waals surface area contributed by atoms with Crippen LogP contribution in [0.5, 0.6) is 0 Å². The van der Waals surface area contributed by atoms with E-state index in [0.717, 1.165) is 41.7 Å². The number of carbonyl (C=O) groups is 2. The maximum absolute atomic E-state index is 13.2. The molecule has 1 atom stereocenters. The fourth-order valence-corrected chi connectivity index (χ4v) is 5.05. The second-order valence-corrected chi connectivity index (χ2v) is 9.22. The first kappa shape index (κ1) is 20.3. The summed E-state index contributed by atoms with van der Waals surface area (Å²) in [6.45, 7) is 4.35. The van der Waals surface area contributed by atoms with Gasteiger partial charge in [0.15, 0.2) is 0 Å². The first-order valence-corrected chi connectivity index (χ1v) is 11.1. The van der Waals surface area contributed by atoms with Crippen LogP contribution in [0.15, 0.2) is 34.9 Å². The highest BCUT2D eigenvalue weighted by Gasteiger charge is 2.38. The molecule has 2 fully saturated rings. The van der Waals surface area contributed by atoms with E-state index in [1.165, 1.54) is 0 Å². The van der Waals surface area contributed by atoms with Crippen LogP contribution in [-0.2, 0) is 17.9 Å². The van der Waals surface area contributed by atoms with Crippen LogP contribution in [0.3, 0.4) is 0 Å². The van der Waals surface area contributed by atoms with Gasteiger partial charge in [-0.3, -0.25) is 9.69 Å². The van der Waals surface area contributed by atoms with Crippen LogP contribution in [0.4, 0.5) is 4.79 Å². The highest BCUT2D eigenvalue weighted by molar-refractivity contribution is 7.16. The summed E-state index contributed by atoms with van der Waals surface area (Å²) in [6, 6.07) is 6.82. The Morgan fingerprint density at radius 1 is 1.17 bits per heavy atom. The second-order valence-electron chi connectivity index (χ2n) is 7.42. The number of amides is 3. The lowest BCUT2D eigenvalue weighted by molar-refractivity contribution is -0.137. The Bertz CT molecular complexity index is 835. The molecular weight excluding hydrogens is 412 g/mol. The number of hydrogen-bond acceptors (Lipinski definition) is 5. The van der Waals surface area contributed by atoms with E-state index >= 15 is 0 Å². The first-order chi connectivity index (χ1) is 14.1. The molecule has 7 nitrogen and oxygen atoms in total. The summed E-state index contributed by atoms with van der Waals surface area (Å²) in [4.78, 5) is 33.0. The molecule has 4 rings (SSSR count). The monoisotopic (exact) mass is 436 g/mol. The fourth-order valence-electron chi connectivity index (χ4n) is 3.92. The van der Waals surface area contributed by atoms with E-state index in [9.17, 15) is 9.59 Å². The van der Waals surface area contributed by atoms with Gasteiger partial charge >= 0.3 is 6.03 Å². The Hall–Kier alpha value is -2.03. The Labute approximate surface area is 179 Å². The van der Waals surface area contributed by atoms with Crippen molar-refractivity contribution < 1.29 is 14.0 Å². The van der Waals surface area contributed by atoms with Crippen LogP contribution in [0.2, 0.25) is 4.34 Å².